The van der Waals surface area contributed by atoms with Crippen LogP contribution < -0.4 is 10.6 Å². The summed E-state index contributed by atoms with van der Waals surface area (Å²) in [6.07, 6.45) is -0.137. The number of carboxylic acids is 1. The molecule has 3 aromatic carbocycles. The smallest absolute Gasteiger partial charge is 0.407 e. The van der Waals surface area contributed by atoms with E-state index in [2.05, 4.69) is 22.8 Å². The van der Waals surface area contributed by atoms with E-state index in [4.69, 9.17) is 4.74 Å². The van der Waals surface area contributed by atoms with Gasteiger partial charge in [-0.2, -0.15) is 0 Å². The molecule has 8 heteroatoms. The Bertz CT molecular complexity index is 1320. The van der Waals surface area contributed by atoms with E-state index >= 15 is 0 Å². The molecule has 5 rings (SSSR count). The molecule has 1 aliphatic heterocycles. The number of aliphatic carboxylic acids is 1. The molecular formula is C31H33N3O5. The maximum absolute atomic E-state index is 13.2. The highest BCUT2D eigenvalue weighted by Crippen LogP contribution is 2.44. The Balaban J connectivity index is 1.19. The summed E-state index contributed by atoms with van der Waals surface area (Å²) >= 11 is 0. The molecule has 202 valence electrons. The van der Waals surface area contributed by atoms with Crippen LogP contribution in [0.15, 0.2) is 78.9 Å². The van der Waals surface area contributed by atoms with Gasteiger partial charge < -0.3 is 20.5 Å². The molecule has 0 saturated carbocycles. The molecule has 0 spiro atoms. The number of hydrogen-bond acceptors (Lipinski definition) is 5. The van der Waals surface area contributed by atoms with Gasteiger partial charge in [0.2, 0.25) is 5.91 Å². The van der Waals surface area contributed by atoms with Crippen LogP contribution in [0.25, 0.3) is 11.1 Å². The van der Waals surface area contributed by atoms with Crippen LogP contribution in [-0.2, 0) is 20.9 Å². The lowest BCUT2D eigenvalue weighted by Crippen LogP contribution is -2.60. The Labute approximate surface area is 228 Å². The summed E-state index contributed by atoms with van der Waals surface area (Å²) in [5, 5.41) is 15.4. The molecule has 2 atom stereocenters. The van der Waals surface area contributed by atoms with Crippen molar-refractivity contribution in [2.24, 2.45) is 0 Å². The monoisotopic (exact) mass is 527 g/mol. The fourth-order valence-electron chi connectivity index (χ4n) is 5.65. The number of nitrogens with one attached hydrogen (secondary N) is 2. The predicted octanol–water partition coefficient (Wildman–Crippen LogP) is 4.15. The van der Waals surface area contributed by atoms with Gasteiger partial charge in [0.1, 0.15) is 12.6 Å². The molecule has 8 nitrogen and oxygen atoms in total. The first-order valence-corrected chi connectivity index (χ1v) is 13.3. The van der Waals surface area contributed by atoms with Crippen molar-refractivity contribution in [3.05, 3.63) is 95.6 Å². The van der Waals surface area contributed by atoms with E-state index in [-0.39, 0.29) is 25.5 Å². The summed E-state index contributed by atoms with van der Waals surface area (Å²) in [6, 6.07) is 25.0. The van der Waals surface area contributed by atoms with Crippen LogP contribution in [0.2, 0.25) is 0 Å². The van der Waals surface area contributed by atoms with Gasteiger partial charge >= 0.3 is 12.1 Å². The number of fused-ring (bicyclic) bond motifs is 3. The maximum atomic E-state index is 13.2. The highest BCUT2D eigenvalue weighted by molar-refractivity contribution is 5.91. The first kappa shape index (κ1) is 26.4. The summed E-state index contributed by atoms with van der Waals surface area (Å²) in [7, 11) is 0. The van der Waals surface area contributed by atoms with Crippen LogP contribution >= 0.6 is 0 Å². The number of rotatable bonds is 9. The highest BCUT2D eigenvalue weighted by atomic mass is 16.5. The van der Waals surface area contributed by atoms with E-state index < -0.39 is 29.6 Å². The van der Waals surface area contributed by atoms with Crippen molar-refractivity contribution in [1.29, 1.82) is 0 Å². The topological polar surface area (TPSA) is 108 Å². The van der Waals surface area contributed by atoms with E-state index in [1.165, 1.54) is 0 Å². The second kappa shape index (κ2) is 11.3. The summed E-state index contributed by atoms with van der Waals surface area (Å²) in [5.74, 6) is -1.71. The summed E-state index contributed by atoms with van der Waals surface area (Å²) in [5.41, 5.74) is 4.12. The van der Waals surface area contributed by atoms with Crippen LogP contribution in [0, 0.1) is 0 Å². The molecule has 39 heavy (non-hydrogen) atoms. The van der Waals surface area contributed by atoms with Crippen LogP contribution in [-0.4, -0.2) is 59.3 Å². The minimum absolute atomic E-state index is 0.0959. The molecule has 0 radical (unpaired) electrons. The van der Waals surface area contributed by atoms with Crippen molar-refractivity contribution in [2.75, 3.05) is 19.7 Å². The van der Waals surface area contributed by atoms with Gasteiger partial charge in [-0.1, -0.05) is 85.8 Å². The van der Waals surface area contributed by atoms with Crippen molar-refractivity contribution in [3.63, 3.8) is 0 Å². The molecule has 3 aromatic rings. The molecule has 1 heterocycles. The van der Waals surface area contributed by atoms with Crippen molar-refractivity contribution in [2.45, 2.75) is 43.8 Å². The molecule has 2 unspecified atom stereocenters. The summed E-state index contributed by atoms with van der Waals surface area (Å²) in [4.78, 5) is 40.2. The summed E-state index contributed by atoms with van der Waals surface area (Å²) in [6.45, 7) is 3.21. The van der Waals surface area contributed by atoms with Gasteiger partial charge in [-0.15, -0.1) is 0 Å². The normalized spacial score (nSPS) is 19.1. The van der Waals surface area contributed by atoms with Crippen LogP contribution in [0.5, 0.6) is 0 Å². The van der Waals surface area contributed by atoms with Crippen LogP contribution in [0.1, 0.15) is 42.4 Å². The van der Waals surface area contributed by atoms with Crippen molar-refractivity contribution in [1.82, 2.24) is 15.5 Å². The zero-order valence-electron chi connectivity index (χ0n) is 21.9. The maximum Gasteiger partial charge on any atom is 0.407 e. The number of carboxylic acid groups (broad SMARTS) is 1. The summed E-state index contributed by atoms with van der Waals surface area (Å²) < 4.78 is 5.59. The van der Waals surface area contributed by atoms with E-state index in [0.717, 1.165) is 27.8 Å². The molecule has 1 saturated heterocycles. The minimum Gasteiger partial charge on any atom is -0.479 e. The average molecular weight is 528 g/mol. The van der Waals surface area contributed by atoms with Gasteiger partial charge in [0.05, 0.1) is 0 Å². The third-order valence-corrected chi connectivity index (χ3v) is 7.73. The van der Waals surface area contributed by atoms with Gasteiger partial charge in [-0.3, -0.25) is 9.69 Å². The number of ether oxygens (including phenoxy) is 1. The SMILES string of the molecule is CCC(NC(=O)OCC1c2ccccc2-c2ccccc21)C(=O)NC1(C(=O)O)CCN(Cc2ccccc2)C1. The Morgan fingerprint density at radius 3 is 2.21 bits per heavy atom. The van der Waals surface area contributed by atoms with Gasteiger partial charge in [0.15, 0.2) is 5.54 Å². The molecule has 2 amide bonds. The number of nitrogens with zero attached hydrogens (tertiary/aromatic N) is 1. The Kier molecular flexibility index (Phi) is 7.65. The van der Waals surface area contributed by atoms with Crippen LogP contribution in [0.3, 0.4) is 0 Å². The Morgan fingerprint density at radius 1 is 0.974 bits per heavy atom. The molecule has 3 N–H and O–H groups in total. The second-order valence-corrected chi connectivity index (χ2v) is 10.3. The molecule has 2 aliphatic rings. The van der Waals surface area contributed by atoms with Gasteiger partial charge in [-0.05, 0) is 40.7 Å². The average Bonchev–Trinajstić information content (AvgIpc) is 3.50. The highest BCUT2D eigenvalue weighted by Gasteiger charge is 2.47. The Hall–Kier alpha value is -4.17. The molecule has 0 bridgehead atoms. The number of alkyl carbamates (subject to hydrolysis) is 1. The van der Waals surface area contributed by atoms with Crippen molar-refractivity contribution < 1.29 is 24.2 Å². The number of carbonyl (C=O) groups excluding carboxylic acids is 2. The number of amides is 2. The van der Waals surface area contributed by atoms with Crippen molar-refractivity contribution >= 4 is 18.0 Å². The van der Waals surface area contributed by atoms with E-state index in [1.54, 1.807) is 6.92 Å². The van der Waals surface area contributed by atoms with Gasteiger partial charge in [0.25, 0.3) is 0 Å². The number of carbonyl (C=O) groups is 3. The third-order valence-electron chi connectivity index (χ3n) is 7.73. The lowest BCUT2D eigenvalue weighted by atomic mass is 9.98. The van der Waals surface area contributed by atoms with E-state index in [1.807, 2.05) is 71.6 Å². The lowest BCUT2D eigenvalue weighted by Gasteiger charge is -2.28. The molecule has 0 aromatic heterocycles. The quantitative estimate of drug-likeness (QED) is 0.386. The van der Waals surface area contributed by atoms with Crippen molar-refractivity contribution in [3.8, 4) is 11.1 Å². The predicted molar refractivity (Wildman–Crippen MR) is 147 cm³/mol. The van der Waals surface area contributed by atoms with Gasteiger partial charge in [0, 0.05) is 25.6 Å². The molecule has 1 fully saturated rings. The van der Waals surface area contributed by atoms with E-state index in [0.29, 0.717) is 19.5 Å². The Morgan fingerprint density at radius 2 is 1.59 bits per heavy atom. The number of likely N-dealkylation sites (tertiary alicyclic amines) is 1. The fourth-order valence-corrected chi connectivity index (χ4v) is 5.65. The largest absolute Gasteiger partial charge is 0.479 e. The standard InChI is InChI=1S/C31H33N3O5/c1-2-27(28(35)33-31(29(36)37)16-17-34(20-31)18-21-10-4-3-5-11-21)32-30(38)39-19-26-24-14-8-6-12-22(24)23-13-7-9-15-25(23)26/h3-15,26-27H,2,16-20H2,1H3,(H,32,38)(H,33,35)(H,36,37). The second-order valence-electron chi connectivity index (χ2n) is 10.3. The first-order valence-electron chi connectivity index (χ1n) is 13.3. The zero-order valence-corrected chi connectivity index (χ0v) is 21.9. The molecule has 1 aliphatic carbocycles. The van der Waals surface area contributed by atoms with Gasteiger partial charge in [-0.25, -0.2) is 9.59 Å². The zero-order chi connectivity index (χ0) is 27.4. The number of hydrogen-bond donors (Lipinski definition) is 3. The first-order chi connectivity index (χ1) is 18.9. The van der Waals surface area contributed by atoms with Crippen LogP contribution in [0.4, 0.5) is 4.79 Å². The lowest BCUT2D eigenvalue weighted by molar-refractivity contribution is -0.147. The third kappa shape index (κ3) is 5.52. The minimum atomic E-state index is -1.41. The number of benzene rings is 3. The van der Waals surface area contributed by atoms with E-state index in [9.17, 15) is 19.5 Å². The molecular weight excluding hydrogens is 494 g/mol. The fraction of sp³-hybridized carbons (Fsp3) is 0.323.